The highest BCUT2D eigenvalue weighted by molar-refractivity contribution is 7.90. The van der Waals surface area contributed by atoms with Crippen LogP contribution in [0.15, 0.2) is 23.1 Å². The molecule has 5 nitrogen and oxygen atoms in total. The smallest absolute Gasteiger partial charge is 0.251 e. The van der Waals surface area contributed by atoms with Gasteiger partial charge in [-0.25, -0.2) is 8.42 Å². The molecule has 0 radical (unpaired) electrons. The summed E-state index contributed by atoms with van der Waals surface area (Å²) in [7, 11) is -3.47. The molecule has 1 aliphatic rings. The summed E-state index contributed by atoms with van der Waals surface area (Å²) in [5.74, 6) is -0.333. The highest BCUT2D eigenvalue weighted by atomic mass is 35.5. The first-order valence-corrected chi connectivity index (χ1v) is 8.93. The van der Waals surface area contributed by atoms with E-state index in [1.165, 1.54) is 18.2 Å². The maximum Gasteiger partial charge on any atom is 0.251 e. The van der Waals surface area contributed by atoms with Gasteiger partial charge in [0.15, 0.2) is 9.84 Å². The monoisotopic (exact) mass is 331 g/mol. The highest BCUT2D eigenvalue weighted by Crippen LogP contribution is 2.47. The van der Waals surface area contributed by atoms with Crippen LogP contribution in [0.25, 0.3) is 0 Å². The van der Waals surface area contributed by atoms with Gasteiger partial charge in [-0.1, -0.05) is 11.6 Å². The fraction of sp³-hybridized carbons (Fsp3) is 0.500. The summed E-state index contributed by atoms with van der Waals surface area (Å²) in [5.41, 5.74) is 0.274. The lowest BCUT2D eigenvalue weighted by Gasteiger charge is -2.15. The van der Waals surface area contributed by atoms with Crippen molar-refractivity contribution in [3.05, 3.63) is 28.8 Å². The predicted octanol–water partition coefficient (Wildman–Crippen LogP) is 1.64. The normalized spacial score (nSPS) is 16.5. The topological polar surface area (TPSA) is 83.5 Å². The van der Waals surface area contributed by atoms with E-state index in [4.69, 9.17) is 16.7 Å². The largest absolute Gasteiger partial charge is 0.396 e. The van der Waals surface area contributed by atoms with E-state index in [0.717, 1.165) is 19.1 Å². The number of aliphatic hydroxyl groups is 1. The highest BCUT2D eigenvalue weighted by Gasteiger charge is 2.41. The number of hydrogen-bond acceptors (Lipinski definition) is 4. The summed E-state index contributed by atoms with van der Waals surface area (Å²) in [4.78, 5) is 12.1. The Morgan fingerprint density at radius 1 is 1.43 bits per heavy atom. The number of aliphatic hydroxyl groups excluding tert-OH is 1. The lowest BCUT2D eigenvalue weighted by Crippen LogP contribution is -2.30. The Morgan fingerprint density at radius 2 is 2.10 bits per heavy atom. The molecule has 1 aromatic rings. The van der Waals surface area contributed by atoms with Crippen LogP contribution < -0.4 is 5.32 Å². The quantitative estimate of drug-likeness (QED) is 0.830. The number of benzene rings is 1. The Labute approximate surface area is 129 Å². The molecule has 0 spiro atoms. The third-order valence-electron chi connectivity index (χ3n) is 3.82. The average molecular weight is 332 g/mol. The molecule has 0 aliphatic heterocycles. The Bertz CT molecular complexity index is 653. The predicted molar refractivity (Wildman–Crippen MR) is 80.3 cm³/mol. The van der Waals surface area contributed by atoms with Gasteiger partial charge in [-0.05, 0) is 42.9 Å². The molecule has 0 heterocycles. The molecule has 0 saturated heterocycles. The van der Waals surface area contributed by atoms with E-state index in [-0.39, 0.29) is 33.4 Å². The van der Waals surface area contributed by atoms with Crippen molar-refractivity contribution in [3.8, 4) is 0 Å². The third kappa shape index (κ3) is 3.96. The second-order valence-electron chi connectivity index (χ2n) is 5.57. The molecule has 2 rings (SSSR count). The lowest BCUT2D eigenvalue weighted by molar-refractivity contribution is 0.0940. The molecule has 1 aliphatic carbocycles. The maximum atomic E-state index is 12.1. The van der Waals surface area contributed by atoms with E-state index in [1.54, 1.807) is 0 Å². The second kappa shape index (κ2) is 5.94. The van der Waals surface area contributed by atoms with Crippen molar-refractivity contribution in [2.45, 2.75) is 24.2 Å². The Balaban J connectivity index is 2.10. The van der Waals surface area contributed by atoms with Crippen molar-refractivity contribution < 1.29 is 18.3 Å². The van der Waals surface area contributed by atoms with E-state index in [9.17, 15) is 13.2 Å². The number of sulfone groups is 1. The summed E-state index contributed by atoms with van der Waals surface area (Å²) in [5, 5.41) is 11.9. The van der Waals surface area contributed by atoms with Crippen molar-refractivity contribution >= 4 is 27.3 Å². The van der Waals surface area contributed by atoms with Gasteiger partial charge in [-0.15, -0.1) is 0 Å². The van der Waals surface area contributed by atoms with E-state index in [2.05, 4.69) is 5.32 Å². The molecule has 116 valence electrons. The van der Waals surface area contributed by atoms with Crippen LogP contribution in [0.5, 0.6) is 0 Å². The summed E-state index contributed by atoms with van der Waals surface area (Å²) in [6, 6.07) is 4.20. The van der Waals surface area contributed by atoms with Gasteiger partial charge in [0, 0.05) is 25.0 Å². The average Bonchev–Trinajstić information content (AvgIpc) is 3.16. The van der Waals surface area contributed by atoms with Crippen LogP contribution in [0.4, 0.5) is 0 Å². The molecule has 1 aromatic carbocycles. The molecule has 1 saturated carbocycles. The zero-order valence-electron chi connectivity index (χ0n) is 11.7. The maximum absolute atomic E-state index is 12.1. The first-order valence-electron chi connectivity index (χ1n) is 6.66. The van der Waals surface area contributed by atoms with Gasteiger partial charge in [-0.3, -0.25) is 4.79 Å². The minimum Gasteiger partial charge on any atom is -0.396 e. The Kier molecular flexibility index (Phi) is 4.60. The SMILES string of the molecule is CS(=O)(=O)c1cc(C(=O)NCC2(CCO)CC2)ccc1Cl. The lowest BCUT2D eigenvalue weighted by atomic mass is 10.0. The standard InChI is InChI=1S/C14H18ClNO4S/c1-21(19,20)12-8-10(2-3-11(12)15)13(18)16-9-14(4-5-14)6-7-17/h2-3,8,17H,4-7,9H2,1H3,(H,16,18). The second-order valence-corrected chi connectivity index (χ2v) is 7.97. The number of rotatable bonds is 6. The van der Waals surface area contributed by atoms with Crippen LogP contribution in [-0.2, 0) is 9.84 Å². The van der Waals surface area contributed by atoms with Crippen LogP contribution in [0.2, 0.25) is 5.02 Å². The van der Waals surface area contributed by atoms with Crippen molar-refractivity contribution in [1.29, 1.82) is 0 Å². The van der Waals surface area contributed by atoms with Gasteiger partial charge in [-0.2, -0.15) is 0 Å². The number of amides is 1. The minimum atomic E-state index is -3.47. The summed E-state index contributed by atoms with van der Waals surface area (Å²) >= 11 is 5.85. The first kappa shape index (κ1) is 16.3. The Morgan fingerprint density at radius 3 is 2.62 bits per heavy atom. The molecule has 2 N–H and O–H groups in total. The Hall–Kier alpha value is -1.11. The van der Waals surface area contributed by atoms with Gasteiger partial charge in [0.2, 0.25) is 0 Å². The number of halogens is 1. The van der Waals surface area contributed by atoms with Gasteiger partial charge in [0.05, 0.1) is 9.92 Å². The number of carbonyl (C=O) groups is 1. The van der Waals surface area contributed by atoms with Gasteiger partial charge >= 0.3 is 0 Å². The molecule has 0 aromatic heterocycles. The van der Waals surface area contributed by atoms with Crippen molar-refractivity contribution in [2.24, 2.45) is 5.41 Å². The summed E-state index contributed by atoms with van der Waals surface area (Å²) in [6.07, 6.45) is 3.70. The molecular weight excluding hydrogens is 314 g/mol. The van der Waals surface area contributed by atoms with Crippen LogP contribution in [-0.4, -0.2) is 38.8 Å². The van der Waals surface area contributed by atoms with E-state index in [0.29, 0.717) is 13.0 Å². The summed E-state index contributed by atoms with van der Waals surface area (Å²) in [6.45, 7) is 0.596. The van der Waals surface area contributed by atoms with Gasteiger partial charge in [0.1, 0.15) is 0 Å². The molecule has 21 heavy (non-hydrogen) atoms. The molecule has 0 unspecified atom stereocenters. The molecule has 1 fully saturated rings. The van der Waals surface area contributed by atoms with Gasteiger partial charge < -0.3 is 10.4 Å². The van der Waals surface area contributed by atoms with E-state index < -0.39 is 9.84 Å². The van der Waals surface area contributed by atoms with Crippen molar-refractivity contribution in [2.75, 3.05) is 19.4 Å². The molecule has 7 heteroatoms. The molecule has 0 atom stereocenters. The van der Waals surface area contributed by atoms with Crippen LogP contribution in [0, 0.1) is 5.41 Å². The zero-order chi connectivity index (χ0) is 15.7. The first-order chi connectivity index (χ1) is 9.77. The van der Waals surface area contributed by atoms with Crippen LogP contribution >= 0.6 is 11.6 Å². The number of nitrogens with one attached hydrogen (secondary N) is 1. The number of carbonyl (C=O) groups excluding carboxylic acids is 1. The van der Waals surface area contributed by atoms with E-state index >= 15 is 0 Å². The fourth-order valence-corrected chi connectivity index (χ4v) is 3.53. The molecule has 0 bridgehead atoms. The van der Waals surface area contributed by atoms with Crippen molar-refractivity contribution in [1.82, 2.24) is 5.32 Å². The third-order valence-corrected chi connectivity index (χ3v) is 5.39. The van der Waals surface area contributed by atoms with E-state index in [1.807, 2.05) is 0 Å². The van der Waals surface area contributed by atoms with Crippen molar-refractivity contribution in [3.63, 3.8) is 0 Å². The zero-order valence-corrected chi connectivity index (χ0v) is 13.3. The number of hydrogen-bond donors (Lipinski definition) is 2. The van der Waals surface area contributed by atoms with Gasteiger partial charge in [0.25, 0.3) is 5.91 Å². The minimum absolute atomic E-state index is 0.0104. The van der Waals surface area contributed by atoms with Crippen LogP contribution in [0.3, 0.4) is 0 Å². The fourth-order valence-electron chi connectivity index (χ4n) is 2.23. The summed E-state index contributed by atoms with van der Waals surface area (Å²) < 4.78 is 23.2. The van der Waals surface area contributed by atoms with Crippen LogP contribution in [0.1, 0.15) is 29.6 Å². The molecular formula is C14H18ClNO4S. The molecule has 1 amide bonds.